The molecule has 3 nitrogen and oxygen atoms in total. The first-order chi connectivity index (χ1) is 6.56. The highest BCUT2D eigenvalue weighted by atomic mass is 16.2. The molecule has 0 saturated heterocycles. The lowest BCUT2D eigenvalue weighted by Crippen LogP contribution is -2.39. The Morgan fingerprint density at radius 2 is 2.21 bits per heavy atom. The summed E-state index contributed by atoms with van der Waals surface area (Å²) in [6, 6.07) is 0.377. The van der Waals surface area contributed by atoms with Crippen molar-refractivity contribution in [3.8, 4) is 0 Å². The van der Waals surface area contributed by atoms with Crippen LogP contribution in [0.3, 0.4) is 0 Å². The van der Waals surface area contributed by atoms with Gasteiger partial charge in [-0.05, 0) is 25.7 Å². The van der Waals surface area contributed by atoms with Crippen LogP contribution in [0.2, 0.25) is 0 Å². The molecule has 1 aliphatic rings. The van der Waals surface area contributed by atoms with E-state index in [0.29, 0.717) is 6.04 Å². The topological polar surface area (TPSA) is 55.1 Å². The molecular formula is C11H22N2O. The third-order valence-corrected chi connectivity index (χ3v) is 3.11. The van der Waals surface area contributed by atoms with E-state index < -0.39 is 0 Å². The van der Waals surface area contributed by atoms with Gasteiger partial charge >= 0.3 is 0 Å². The van der Waals surface area contributed by atoms with Gasteiger partial charge in [0.1, 0.15) is 0 Å². The SMILES string of the molecule is CCCC1CC1NC(=O)C(C)C(C)N. The Morgan fingerprint density at radius 3 is 2.71 bits per heavy atom. The summed E-state index contributed by atoms with van der Waals surface area (Å²) in [7, 11) is 0. The van der Waals surface area contributed by atoms with Gasteiger partial charge in [0.05, 0.1) is 0 Å². The number of carbonyl (C=O) groups is 1. The van der Waals surface area contributed by atoms with Crippen LogP contribution < -0.4 is 11.1 Å². The minimum Gasteiger partial charge on any atom is -0.353 e. The molecule has 1 fully saturated rings. The second-order valence-electron chi connectivity index (χ2n) is 4.55. The largest absolute Gasteiger partial charge is 0.353 e. The van der Waals surface area contributed by atoms with Crippen molar-refractivity contribution in [1.29, 1.82) is 0 Å². The summed E-state index contributed by atoms with van der Waals surface area (Å²) in [5, 5.41) is 3.05. The van der Waals surface area contributed by atoms with Gasteiger partial charge in [0.25, 0.3) is 0 Å². The normalized spacial score (nSPS) is 29.4. The van der Waals surface area contributed by atoms with Crippen LogP contribution in [0, 0.1) is 11.8 Å². The van der Waals surface area contributed by atoms with Gasteiger partial charge in [-0.1, -0.05) is 20.3 Å². The van der Waals surface area contributed by atoms with E-state index in [1.807, 2.05) is 13.8 Å². The van der Waals surface area contributed by atoms with Gasteiger partial charge in [-0.25, -0.2) is 0 Å². The fourth-order valence-electron chi connectivity index (χ4n) is 1.67. The van der Waals surface area contributed by atoms with Crippen molar-refractivity contribution in [2.24, 2.45) is 17.6 Å². The first kappa shape index (κ1) is 11.5. The molecule has 1 amide bonds. The van der Waals surface area contributed by atoms with Gasteiger partial charge in [0, 0.05) is 18.0 Å². The van der Waals surface area contributed by atoms with Crippen molar-refractivity contribution < 1.29 is 4.79 Å². The molecule has 4 atom stereocenters. The van der Waals surface area contributed by atoms with Gasteiger partial charge in [0.15, 0.2) is 0 Å². The summed E-state index contributed by atoms with van der Waals surface area (Å²) < 4.78 is 0. The molecular weight excluding hydrogens is 176 g/mol. The molecule has 0 radical (unpaired) electrons. The summed E-state index contributed by atoms with van der Waals surface area (Å²) in [4.78, 5) is 11.6. The zero-order valence-corrected chi connectivity index (χ0v) is 9.42. The standard InChI is InChI=1S/C11H22N2O/c1-4-5-9-6-10(9)13-11(14)7(2)8(3)12/h7-10H,4-6,12H2,1-3H3,(H,13,14). The second-order valence-corrected chi connectivity index (χ2v) is 4.55. The van der Waals surface area contributed by atoms with Crippen LogP contribution in [-0.4, -0.2) is 18.0 Å². The molecule has 1 rings (SSSR count). The van der Waals surface area contributed by atoms with Gasteiger partial charge in [-0.3, -0.25) is 4.79 Å². The van der Waals surface area contributed by atoms with Crippen LogP contribution in [-0.2, 0) is 4.79 Å². The predicted octanol–water partition coefficient (Wildman–Crippen LogP) is 1.27. The molecule has 3 heteroatoms. The molecule has 1 saturated carbocycles. The lowest BCUT2D eigenvalue weighted by atomic mass is 10.0. The molecule has 4 unspecified atom stereocenters. The molecule has 82 valence electrons. The Morgan fingerprint density at radius 1 is 1.57 bits per heavy atom. The third-order valence-electron chi connectivity index (χ3n) is 3.11. The van der Waals surface area contributed by atoms with Crippen LogP contribution in [0.15, 0.2) is 0 Å². The molecule has 0 bridgehead atoms. The van der Waals surface area contributed by atoms with Crippen molar-refractivity contribution in [3.05, 3.63) is 0 Å². The van der Waals surface area contributed by atoms with Crippen molar-refractivity contribution >= 4 is 5.91 Å². The number of hydrogen-bond donors (Lipinski definition) is 2. The van der Waals surface area contributed by atoms with Gasteiger partial charge in [0.2, 0.25) is 5.91 Å². The average Bonchev–Trinajstić information content (AvgIpc) is 2.82. The van der Waals surface area contributed by atoms with E-state index >= 15 is 0 Å². The maximum absolute atomic E-state index is 11.6. The van der Waals surface area contributed by atoms with Gasteiger partial charge in [-0.15, -0.1) is 0 Å². The van der Waals surface area contributed by atoms with E-state index in [9.17, 15) is 4.79 Å². The van der Waals surface area contributed by atoms with Crippen molar-refractivity contribution in [3.63, 3.8) is 0 Å². The zero-order valence-electron chi connectivity index (χ0n) is 9.42. The smallest absolute Gasteiger partial charge is 0.224 e. The van der Waals surface area contributed by atoms with E-state index in [2.05, 4.69) is 12.2 Å². The summed E-state index contributed by atoms with van der Waals surface area (Å²) in [5.74, 6) is 0.769. The summed E-state index contributed by atoms with van der Waals surface area (Å²) >= 11 is 0. The minimum atomic E-state index is -0.0714. The highest BCUT2D eigenvalue weighted by molar-refractivity contribution is 5.79. The highest BCUT2D eigenvalue weighted by Gasteiger charge is 2.37. The molecule has 0 aromatic rings. The second kappa shape index (κ2) is 4.78. The summed E-state index contributed by atoms with van der Waals surface area (Å²) in [5.41, 5.74) is 5.67. The van der Waals surface area contributed by atoms with E-state index in [1.54, 1.807) is 0 Å². The van der Waals surface area contributed by atoms with Crippen molar-refractivity contribution in [2.45, 2.75) is 52.1 Å². The average molecular weight is 198 g/mol. The van der Waals surface area contributed by atoms with Crippen LogP contribution in [0.4, 0.5) is 0 Å². The van der Waals surface area contributed by atoms with Crippen molar-refractivity contribution in [2.75, 3.05) is 0 Å². The Labute approximate surface area is 86.4 Å². The molecule has 0 spiro atoms. The number of nitrogens with one attached hydrogen (secondary N) is 1. The molecule has 0 aromatic heterocycles. The van der Waals surface area contributed by atoms with E-state index in [0.717, 1.165) is 12.3 Å². The first-order valence-electron chi connectivity index (χ1n) is 5.62. The molecule has 1 aliphatic carbocycles. The van der Waals surface area contributed by atoms with Crippen molar-refractivity contribution in [1.82, 2.24) is 5.32 Å². The monoisotopic (exact) mass is 198 g/mol. The van der Waals surface area contributed by atoms with E-state index in [-0.39, 0.29) is 17.9 Å². The van der Waals surface area contributed by atoms with Gasteiger partial charge < -0.3 is 11.1 Å². The Hall–Kier alpha value is -0.570. The Bertz CT molecular complexity index is 203. The molecule has 0 heterocycles. The van der Waals surface area contributed by atoms with Crippen LogP contribution >= 0.6 is 0 Å². The quantitative estimate of drug-likeness (QED) is 0.699. The van der Waals surface area contributed by atoms with Gasteiger partial charge in [-0.2, -0.15) is 0 Å². The number of amides is 1. The molecule has 3 N–H and O–H groups in total. The number of carbonyl (C=O) groups excluding carboxylic acids is 1. The maximum Gasteiger partial charge on any atom is 0.224 e. The van der Waals surface area contributed by atoms with Crippen LogP contribution in [0.25, 0.3) is 0 Å². The Balaban J connectivity index is 2.23. The number of rotatable bonds is 5. The zero-order chi connectivity index (χ0) is 10.7. The number of nitrogens with two attached hydrogens (primary N) is 1. The van der Waals surface area contributed by atoms with E-state index in [4.69, 9.17) is 5.73 Å². The fraction of sp³-hybridized carbons (Fsp3) is 0.909. The fourth-order valence-corrected chi connectivity index (χ4v) is 1.67. The molecule has 14 heavy (non-hydrogen) atoms. The minimum absolute atomic E-state index is 0.0571. The number of hydrogen-bond acceptors (Lipinski definition) is 2. The lowest BCUT2D eigenvalue weighted by Gasteiger charge is -2.15. The third kappa shape index (κ3) is 2.98. The lowest BCUT2D eigenvalue weighted by molar-refractivity contribution is -0.125. The molecule has 0 aliphatic heterocycles. The summed E-state index contributed by atoms with van der Waals surface area (Å²) in [6.45, 7) is 5.94. The molecule has 0 aromatic carbocycles. The van der Waals surface area contributed by atoms with E-state index in [1.165, 1.54) is 12.8 Å². The van der Waals surface area contributed by atoms with Crippen LogP contribution in [0.1, 0.15) is 40.0 Å². The Kier molecular flexibility index (Phi) is 3.93. The first-order valence-corrected chi connectivity index (χ1v) is 5.62. The van der Waals surface area contributed by atoms with Crippen LogP contribution in [0.5, 0.6) is 0 Å². The predicted molar refractivity (Wildman–Crippen MR) is 57.8 cm³/mol. The summed E-state index contributed by atoms with van der Waals surface area (Å²) in [6.07, 6.45) is 3.60. The maximum atomic E-state index is 11.6. The highest BCUT2D eigenvalue weighted by Crippen LogP contribution is 2.34.